The number of hydrogen-bond donors (Lipinski definition) is 1. The zero-order valence-electron chi connectivity index (χ0n) is 24.4. The molecule has 3 fully saturated rings. The van der Waals surface area contributed by atoms with Gasteiger partial charge in [-0.15, -0.1) is 0 Å². The van der Waals surface area contributed by atoms with Crippen LogP contribution in [0.1, 0.15) is 57.2 Å². The highest BCUT2D eigenvalue weighted by Gasteiger charge is 2.63. The van der Waals surface area contributed by atoms with Crippen LogP contribution in [-0.2, 0) is 10.3 Å². The molecule has 0 saturated carbocycles. The van der Waals surface area contributed by atoms with Gasteiger partial charge in [0.2, 0.25) is 0 Å². The minimum atomic E-state index is -1.09. The van der Waals surface area contributed by atoms with Gasteiger partial charge in [-0.3, -0.25) is 19.5 Å². The second kappa shape index (κ2) is 9.76. The summed E-state index contributed by atoms with van der Waals surface area (Å²) in [5.41, 5.74) is 2.18. The van der Waals surface area contributed by atoms with Crippen LogP contribution in [0.25, 0.3) is 0 Å². The number of benzene rings is 2. The number of rotatable bonds is 6. The van der Waals surface area contributed by atoms with Crippen LogP contribution in [0.5, 0.6) is 11.5 Å². The fourth-order valence-electron chi connectivity index (χ4n) is 7.49. The number of likely N-dealkylation sites (tertiary alicyclic amines) is 3. The number of anilines is 1. The van der Waals surface area contributed by atoms with Gasteiger partial charge in [-0.25, -0.2) is 0 Å². The Labute approximate surface area is 237 Å². The van der Waals surface area contributed by atoms with E-state index in [2.05, 4.69) is 46.9 Å². The van der Waals surface area contributed by atoms with E-state index in [4.69, 9.17) is 9.47 Å². The summed E-state index contributed by atoms with van der Waals surface area (Å²) in [6, 6.07) is 14.1. The Balaban J connectivity index is 1.29. The molecular formula is C32H41N5O3. The van der Waals surface area contributed by atoms with Gasteiger partial charge in [0.05, 0.1) is 25.3 Å². The van der Waals surface area contributed by atoms with Crippen molar-refractivity contribution in [1.29, 1.82) is 5.26 Å². The molecule has 1 unspecified atom stereocenters. The smallest absolute Gasteiger partial charge is 0.254 e. The molecule has 0 bridgehead atoms. The number of amides is 1. The first-order chi connectivity index (χ1) is 19.1. The van der Waals surface area contributed by atoms with E-state index in [9.17, 15) is 10.1 Å². The van der Waals surface area contributed by atoms with Crippen LogP contribution in [0.3, 0.4) is 0 Å². The molecule has 1 spiro atoms. The van der Waals surface area contributed by atoms with Gasteiger partial charge >= 0.3 is 0 Å². The van der Waals surface area contributed by atoms with Gasteiger partial charge in [-0.05, 0) is 76.9 Å². The molecule has 4 aliphatic heterocycles. The highest BCUT2D eigenvalue weighted by Crippen LogP contribution is 2.55. The second-order valence-corrected chi connectivity index (χ2v) is 13.0. The number of carbonyl (C=O) groups excluding carboxylic acids is 1. The van der Waals surface area contributed by atoms with E-state index in [0.29, 0.717) is 29.7 Å². The fourth-order valence-corrected chi connectivity index (χ4v) is 7.49. The lowest BCUT2D eigenvalue weighted by molar-refractivity contribution is -0.170. The standard InChI is InChI=1S/C32H41N5O3/c1-6-40-28-10-8-24(39-5)16-26(28)32(25-15-22(17-33)7-9-27(25)34-29(32)38)37-20-31(21-37)18-35(19-31)23-11-13-36(14-12-23)30(2,3)4/h7-10,15-16,23H,6,11-14,18-21H2,1-5H3,(H,34,38). The Kier molecular flexibility index (Phi) is 6.60. The van der Waals surface area contributed by atoms with Crippen molar-refractivity contribution in [3.8, 4) is 17.6 Å². The largest absolute Gasteiger partial charge is 0.497 e. The van der Waals surface area contributed by atoms with Crippen LogP contribution >= 0.6 is 0 Å². The Morgan fingerprint density at radius 3 is 2.40 bits per heavy atom. The molecule has 0 aromatic heterocycles. The Morgan fingerprint density at radius 1 is 1.05 bits per heavy atom. The minimum absolute atomic E-state index is 0.104. The third-order valence-corrected chi connectivity index (χ3v) is 9.53. The number of nitriles is 1. The van der Waals surface area contributed by atoms with Gasteiger partial charge < -0.3 is 14.8 Å². The van der Waals surface area contributed by atoms with Gasteiger partial charge in [0.1, 0.15) is 11.5 Å². The van der Waals surface area contributed by atoms with Gasteiger partial charge in [0, 0.05) is 73.1 Å². The molecule has 0 radical (unpaired) electrons. The molecule has 2 aromatic rings. The zero-order valence-corrected chi connectivity index (χ0v) is 24.4. The predicted molar refractivity (Wildman–Crippen MR) is 155 cm³/mol. The number of fused-ring (bicyclic) bond motifs is 1. The Hall–Kier alpha value is -3.12. The van der Waals surface area contributed by atoms with Crippen molar-refractivity contribution in [3.05, 3.63) is 53.1 Å². The van der Waals surface area contributed by atoms with Gasteiger partial charge in [0.25, 0.3) is 5.91 Å². The van der Waals surface area contributed by atoms with Crippen LogP contribution < -0.4 is 14.8 Å². The van der Waals surface area contributed by atoms with Crippen molar-refractivity contribution in [1.82, 2.24) is 14.7 Å². The summed E-state index contributed by atoms with van der Waals surface area (Å²) in [6.45, 7) is 15.4. The highest BCUT2D eigenvalue weighted by atomic mass is 16.5. The average molecular weight is 544 g/mol. The Bertz CT molecular complexity index is 1340. The van der Waals surface area contributed by atoms with E-state index in [1.165, 1.54) is 12.8 Å². The summed E-state index contributed by atoms with van der Waals surface area (Å²) in [7, 11) is 1.64. The number of nitrogens with one attached hydrogen (secondary N) is 1. The Morgan fingerprint density at radius 2 is 1.77 bits per heavy atom. The van der Waals surface area contributed by atoms with E-state index in [1.807, 2.05) is 37.3 Å². The molecule has 1 atom stereocenters. The molecule has 212 valence electrons. The van der Waals surface area contributed by atoms with Crippen LogP contribution in [0, 0.1) is 16.7 Å². The van der Waals surface area contributed by atoms with Crippen molar-refractivity contribution < 1.29 is 14.3 Å². The molecule has 4 aliphatic rings. The summed E-state index contributed by atoms with van der Waals surface area (Å²) >= 11 is 0. The lowest BCUT2D eigenvalue weighted by Gasteiger charge is -2.65. The molecule has 40 heavy (non-hydrogen) atoms. The van der Waals surface area contributed by atoms with Gasteiger partial charge in [-0.2, -0.15) is 5.26 Å². The SMILES string of the molecule is CCOc1ccc(OC)cc1C1(N2CC3(CN(C4CCN(C(C)(C)C)CC4)C3)C2)C(=O)Nc2ccc(C#N)cc21. The van der Waals surface area contributed by atoms with Crippen molar-refractivity contribution in [2.45, 2.75) is 57.7 Å². The molecule has 8 nitrogen and oxygen atoms in total. The zero-order chi connectivity index (χ0) is 28.3. The van der Waals surface area contributed by atoms with Crippen LogP contribution in [0.2, 0.25) is 0 Å². The summed E-state index contributed by atoms with van der Waals surface area (Å²) < 4.78 is 11.7. The predicted octanol–water partition coefficient (Wildman–Crippen LogP) is 4.04. The highest BCUT2D eigenvalue weighted by molar-refractivity contribution is 6.09. The lowest BCUT2D eigenvalue weighted by atomic mass is 9.67. The van der Waals surface area contributed by atoms with Crippen molar-refractivity contribution >= 4 is 11.6 Å². The van der Waals surface area contributed by atoms with E-state index in [0.717, 1.165) is 56.1 Å². The molecule has 6 rings (SSSR count). The third kappa shape index (κ3) is 4.18. The number of piperidine rings is 1. The van der Waals surface area contributed by atoms with Crippen molar-refractivity contribution in [3.63, 3.8) is 0 Å². The molecule has 4 heterocycles. The van der Waals surface area contributed by atoms with Crippen molar-refractivity contribution in [2.24, 2.45) is 5.41 Å². The number of ether oxygens (including phenoxy) is 2. The van der Waals surface area contributed by atoms with Gasteiger partial charge in [-0.1, -0.05) is 0 Å². The number of hydrogen-bond acceptors (Lipinski definition) is 7. The number of carbonyl (C=O) groups is 1. The number of methoxy groups -OCH3 is 1. The second-order valence-electron chi connectivity index (χ2n) is 13.0. The normalized spacial score (nSPS) is 25.1. The molecular weight excluding hydrogens is 502 g/mol. The molecule has 1 amide bonds. The summed E-state index contributed by atoms with van der Waals surface area (Å²) in [5, 5.41) is 12.9. The first-order valence-electron chi connectivity index (χ1n) is 14.5. The number of nitrogens with zero attached hydrogens (tertiary/aromatic N) is 4. The molecule has 3 saturated heterocycles. The summed E-state index contributed by atoms with van der Waals surface area (Å²) in [5.74, 6) is 1.23. The third-order valence-electron chi connectivity index (χ3n) is 9.53. The van der Waals surface area contributed by atoms with E-state index < -0.39 is 5.54 Å². The first-order valence-corrected chi connectivity index (χ1v) is 14.5. The quantitative estimate of drug-likeness (QED) is 0.589. The maximum atomic E-state index is 14.1. The van der Waals surface area contributed by atoms with E-state index in [-0.39, 0.29) is 16.9 Å². The maximum absolute atomic E-state index is 14.1. The lowest BCUT2D eigenvalue weighted by Crippen LogP contribution is -2.77. The van der Waals surface area contributed by atoms with E-state index in [1.54, 1.807) is 13.2 Å². The molecule has 8 heteroatoms. The topological polar surface area (TPSA) is 81.1 Å². The molecule has 2 aromatic carbocycles. The van der Waals surface area contributed by atoms with Crippen LogP contribution in [0.15, 0.2) is 36.4 Å². The van der Waals surface area contributed by atoms with Crippen molar-refractivity contribution in [2.75, 3.05) is 58.3 Å². The fraction of sp³-hybridized carbons (Fsp3) is 0.562. The van der Waals surface area contributed by atoms with Crippen LogP contribution in [-0.4, -0.2) is 85.2 Å². The summed E-state index contributed by atoms with van der Waals surface area (Å²) in [6.07, 6.45) is 2.44. The maximum Gasteiger partial charge on any atom is 0.254 e. The average Bonchev–Trinajstić information content (AvgIpc) is 3.18. The van der Waals surface area contributed by atoms with Crippen LogP contribution in [0.4, 0.5) is 5.69 Å². The summed E-state index contributed by atoms with van der Waals surface area (Å²) in [4.78, 5) is 21.7. The minimum Gasteiger partial charge on any atom is -0.497 e. The first kappa shape index (κ1) is 27.1. The molecule has 0 aliphatic carbocycles. The van der Waals surface area contributed by atoms with Gasteiger partial charge in [0.15, 0.2) is 5.54 Å². The van der Waals surface area contributed by atoms with E-state index >= 15 is 0 Å². The monoisotopic (exact) mass is 543 g/mol. The molecule has 1 N–H and O–H groups in total.